The van der Waals surface area contributed by atoms with Gasteiger partial charge in [0.05, 0.1) is 5.92 Å². The molecule has 3 aliphatic heterocycles. The van der Waals surface area contributed by atoms with Gasteiger partial charge in [-0.3, -0.25) is 9.79 Å². The van der Waals surface area contributed by atoms with E-state index in [9.17, 15) is 4.79 Å². The molecule has 2 unspecified atom stereocenters. The highest BCUT2D eigenvalue weighted by atomic mass is 16.2. The summed E-state index contributed by atoms with van der Waals surface area (Å²) in [4.78, 5) is 23.7. The zero-order valence-corrected chi connectivity index (χ0v) is 14.7. The molecule has 1 saturated heterocycles. The van der Waals surface area contributed by atoms with Crippen LogP contribution in [0.1, 0.15) is 30.9 Å². The fourth-order valence-electron chi connectivity index (χ4n) is 3.93. The van der Waals surface area contributed by atoms with E-state index >= 15 is 0 Å². The summed E-state index contributed by atoms with van der Waals surface area (Å²) in [7, 11) is 0. The topological polar surface area (TPSA) is 61.2 Å². The van der Waals surface area contributed by atoms with E-state index < -0.39 is 0 Å². The first-order valence-corrected chi connectivity index (χ1v) is 8.95. The van der Waals surface area contributed by atoms with Crippen molar-refractivity contribution in [3.8, 4) is 0 Å². The number of anilines is 1. The van der Waals surface area contributed by atoms with Crippen molar-refractivity contribution in [1.82, 2.24) is 9.88 Å². The second-order valence-corrected chi connectivity index (χ2v) is 6.86. The minimum Gasteiger partial charge on any atom is -0.337 e. The Labute approximate surface area is 147 Å². The fourth-order valence-corrected chi connectivity index (χ4v) is 3.93. The molecule has 0 spiro atoms. The molecule has 25 heavy (non-hydrogen) atoms. The monoisotopic (exact) mass is 337 g/mol. The smallest absolute Gasteiger partial charge is 0.230 e. The molecule has 4 rings (SSSR count). The van der Waals surface area contributed by atoms with E-state index in [2.05, 4.69) is 35.0 Å². The molecule has 1 aromatic rings. The van der Waals surface area contributed by atoms with Gasteiger partial charge in [-0.2, -0.15) is 5.10 Å². The Morgan fingerprint density at radius 3 is 2.96 bits per heavy atom. The molecular weight excluding hydrogens is 314 g/mol. The Morgan fingerprint density at radius 1 is 1.36 bits per heavy atom. The number of fused-ring (bicyclic) bond motifs is 1. The first-order chi connectivity index (χ1) is 12.2. The molecular formula is C19H23N5O. The summed E-state index contributed by atoms with van der Waals surface area (Å²) in [5.74, 6) is 1.30. The lowest BCUT2D eigenvalue weighted by atomic mass is 9.88. The standard InChI is InChI=1S/C19H23N5O/c1-3-17-16-12-23(19(25)15(16)5-7-20-17)11-14-9-13(2)18(21-10-14)24-8-4-6-22-24/h5-7,9-10,15-16H,3-4,8,11-12H2,1-2H3. The van der Waals surface area contributed by atoms with E-state index in [-0.39, 0.29) is 17.7 Å². The molecule has 4 heterocycles. The number of pyridine rings is 1. The van der Waals surface area contributed by atoms with Crippen LogP contribution in [0.5, 0.6) is 0 Å². The lowest BCUT2D eigenvalue weighted by Gasteiger charge is -2.19. The van der Waals surface area contributed by atoms with Crippen LogP contribution in [-0.4, -0.2) is 40.8 Å². The third-order valence-corrected chi connectivity index (χ3v) is 5.19. The van der Waals surface area contributed by atoms with E-state index in [4.69, 9.17) is 0 Å². The van der Waals surface area contributed by atoms with Crippen molar-refractivity contribution in [2.45, 2.75) is 33.2 Å². The predicted molar refractivity (Wildman–Crippen MR) is 98.7 cm³/mol. The van der Waals surface area contributed by atoms with Gasteiger partial charge in [-0.1, -0.05) is 13.0 Å². The second-order valence-electron chi connectivity index (χ2n) is 6.86. The number of nitrogens with zero attached hydrogens (tertiary/aromatic N) is 5. The number of carbonyl (C=O) groups excluding carboxylic acids is 1. The molecule has 0 saturated carbocycles. The van der Waals surface area contributed by atoms with Gasteiger partial charge >= 0.3 is 0 Å². The second kappa shape index (κ2) is 6.43. The van der Waals surface area contributed by atoms with Crippen LogP contribution >= 0.6 is 0 Å². The summed E-state index contributed by atoms with van der Waals surface area (Å²) >= 11 is 0. The number of aromatic nitrogens is 1. The molecule has 6 heteroatoms. The molecule has 6 nitrogen and oxygen atoms in total. The minimum atomic E-state index is -0.0419. The number of aryl methyl sites for hydroxylation is 1. The number of rotatable bonds is 4. The van der Waals surface area contributed by atoms with Gasteiger partial charge in [-0.05, 0) is 30.5 Å². The Bertz CT molecular complexity index is 782. The Balaban J connectivity index is 1.50. The van der Waals surface area contributed by atoms with E-state index in [1.807, 2.05) is 28.4 Å². The Morgan fingerprint density at radius 2 is 2.24 bits per heavy atom. The molecule has 0 aromatic carbocycles. The Hall–Kier alpha value is -2.50. The third-order valence-electron chi connectivity index (χ3n) is 5.19. The highest BCUT2D eigenvalue weighted by Crippen LogP contribution is 2.32. The van der Waals surface area contributed by atoms with Crippen LogP contribution in [0.25, 0.3) is 0 Å². The van der Waals surface area contributed by atoms with Crippen molar-refractivity contribution < 1.29 is 4.79 Å². The van der Waals surface area contributed by atoms with Crippen molar-refractivity contribution in [2.24, 2.45) is 21.9 Å². The average molecular weight is 337 g/mol. The number of hydrogen-bond donors (Lipinski definition) is 0. The summed E-state index contributed by atoms with van der Waals surface area (Å²) in [5.41, 5.74) is 3.30. The maximum absolute atomic E-state index is 12.7. The lowest BCUT2D eigenvalue weighted by molar-refractivity contribution is -0.130. The molecule has 3 aliphatic rings. The van der Waals surface area contributed by atoms with E-state index in [0.717, 1.165) is 48.6 Å². The number of amides is 1. The first kappa shape index (κ1) is 16.0. The molecule has 130 valence electrons. The van der Waals surface area contributed by atoms with E-state index in [1.165, 1.54) is 0 Å². The maximum Gasteiger partial charge on any atom is 0.230 e. The van der Waals surface area contributed by atoms with Crippen molar-refractivity contribution in [3.05, 3.63) is 35.7 Å². The first-order valence-electron chi connectivity index (χ1n) is 8.95. The number of likely N-dealkylation sites (tertiary alicyclic amines) is 1. The summed E-state index contributed by atoms with van der Waals surface area (Å²) in [6.07, 6.45) is 9.39. The summed E-state index contributed by atoms with van der Waals surface area (Å²) in [6, 6.07) is 2.12. The molecule has 0 N–H and O–H groups in total. The van der Waals surface area contributed by atoms with Gasteiger partial charge < -0.3 is 4.90 Å². The van der Waals surface area contributed by atoms with Gasteiger partial charge in [0.25, 0.3) is 0 Å². The number of hydrazone groups is 1. The van der Waals surface area contributed by atoms with Crippen LogP contribution in [0.4, 0.5) is 5.82 Å². The van der Waals surface area contributed by atoms with E-state index in [0.29, 0.717) is 6.54 Å². The molecule has 0 bridgehead atoms. The Kier molecular flexibility index (Phi) is 4.11. The predicted octanol–water partition coefficient (Wildman–Crippen LogP) is 2.54. The molecule has 1 fully saturated rings. The van der Waals surface area contributed by atoms with Gasteiger partial charge in [0.15, 0.2) is 5.82 Å². The lowest BCUT2D eigenvalue weighted by Crippen LogP contribution is -2.26. The molecule has 1 aromatic heterocycles. The maximum atomic E-state index is 12.7. The highest BCUT2D eigenvalue weighted by Gasteiger charge is 2.41. The van der Waals surface area contributed by atoms with Crippen LogP contribution in [0.15, 0.2) is 34.6 Å². The molecule has 2 atom stereocenters. The fraction of sp³-hybridized carbons (Fsp3) is 0.474. The number of aliphatic imine (C=N–C) groups is 1. The van der Waals surface area contributed by atoms with Crippen molar-refractivity contribution >= 4 is 23.7 Å². The van der Waals surface area contributed by atoms with Crippen LogP contribution in [0.3, 0.4) is 0 Å². The van der Waals surface area contributed by atoms with Crippen molar-refractivity contribution in [3.63, 3.8) is 0 Å². The van der Waals surface area contributed by atoms with Gasteiger partial charge in [0.2, 0.25) is 5.91 Å². The summed E-state index contributed by atoms with van der Waals surface area (Å²) < 4.78 is 0. The third kappa shape index (κ3) is 2.86. The van der Waals surface area contributed by atoms with Crippen LogP contribution in [0.2, 0.25) is 0 Å². The number of carbonyl (C=O) groups is 1. The molecule has 1 amide bonds. The molecule has 0 aliphatic carbocycles. The SMILES string of the molecule is CCC1=NC=CC2C(=O)N(Cc3cnc(N4CCC=N4)c(C)c3)CC12. The largest absolute Gasteiger partial charge is 0.337 e. The van der Waals surface area contributed by atoms with Crippen LogP contribution < -0.4 is 5.01 Å². The summed E-state index contributed by atoms with van der Waals surface area (Å²) in [6.45, 7) is 6.39. The van der Waals surface area contributed by atoms with Crippen LogP contribution in [0, 0.1) is 18.8 Å². The average Bonchev–Trinajstić information content (AvgIpc) is 3.24. The van der Waals surface area contributed by atoms with E-state index in [1.54, 1.807) is 6.20 Å². The van der Waals surface area contributed by atoms with Gasteiger partial charge in [0, 0.05) is 56.3 Å². The minimum absolute atomic E-state index is 0.0419. The van der Waals surface area contributed by atoms with Gasteiger partial charge in [-0.25, -0.2) is 9.99 Å². The van der Waals surface area contributed by atoms with Gasteiger partial charge in [0.1, 0.15) is 0 Å². The highest BCUT2D eigenvalue weighted by molar-refractivity contribution is 5.97. The number of hydrogen-bond acceptors (Lipinski definition) is 5. The zero-order valence-electron chi connectivity index (χ0n) is 14.7. The van der Waals surface area contributed by atoms with Crippen molar-refractivity contribution in [1.29, 1.82) is 0 Å². The normalized spacial score (nSPS) is 24.9. The van der Waals surface area contributed by atoms with Crippen molar-refractivity contribution in [2.75, 3.05) is 18.1 Å². The summed E-state index contributed by atoms with van der Waals surface area (Å²) in [5, 5.41) is 6.27. The quantitative estimate of drug-likeness (QED) is 0.848. The zero-order chi connectivity index (χ0) is 17.4. The van der Waals surface area contributed by atoms with Crippen LogP contribution in [-0.2, 0) is 11.3 Å². The molecule has 0 radical (unpaired) electrons. The van der Waals surface area contributed by atoms with Gasteiger partial charge in [-0.15, -0.1) is 0 Å².